The predicted molar refractivity (Wildman–Crippen MR) is 71.4 cm³/mol. The van der Waals surface area contributed by atoms with Crippen LogP contribution in [0.3, 0.4) is 0 Å². The topological polar surface area (TPSA) is 50.4 Å². The van der Waals surface area contributed by atoms with Crippen molar-refractivity contribution in [3.05, 3.63) is 0 Å². The highest BCUT2D eigenvalue weighted by Crippen LogP contribution is 2.30. The van der Waals surface area contributed by atoms with Crippen LogP contribution in [0.25, 0.3) is 0 Å². The first-order valence-electron chi connectivity index (χ1n) is 7.37. The molecule has 2 N–H and O–H groups in total. The van der Waals surface area contributed by atoms with Crippen molar-refractivity contribution in [2.45, 2.75) is 45.1 Å². The van der Waals surface area contributed by atoms with E-state index in [1.165, 1.54) is 12.8 Å². The molecule has 2 unspecified atom stereocenters. The molecule has 1 aliphatic heterocycles. The number of ether oxygens (including phenoxy) is 1. The monoisotopic (exact) mass is 254 g/mol. The molecule has 0 spiro atoms. The highest BCUT2D eigenvalue weighted by molar-refractivity contribution is 5.79. The highest BCUT2D eigenvalue weighted by Gasteiger charge is 2.29. The van der Waals surface area contributed by atoms with Gasteiger partial charge in [0.2, 0.25) is 5.91 Å². The zero-order valence-corrected chi connectivity index (χ0v) is 11.4. The fourth-order valence-electron chi connectivity index (χ4n) is 3.03. The minimum atomic E-state index is 0.230. The molecule has 18 heavy (non-hydrogen) atoms. The molecule has 0 bridgehead atoms. The number of nitrogens with one attached hydrogen (secondary N) is 2. The Morgan fingerprint density at radius 3 is 2.72 bits per heavy atom. The van der Waals surface area contributed by atoms with Crippen LogP contribution in [0.2, 0.25) is 0 Å². The Balaban J connectivity index is 1.56. The molecule has 2 fully saturated rings. The molecule has 1 heterocycles. The minimum absolute atomic E-state index is 0.230. The third-order valence-electron chi connectivity index (χ3n) is 4.24. The van der Waals surface area contributed by atoms with Gasteiger partial charge < -0.3 is 15.4 Å². The summed E-state index contributed by atoms with van der Waals surface area (Å²) in [6, 6.07) is 0. The highest BCUT2D eigenvalue weighted by atomic mass is 16.5. The van der Waals surface area contributed by atoms with Gasteiger partial charge in [0, 0.05) is 12.5 Å². The molecule has 1 aliphatic carbocycles. The summed E-state index contributed by atoms with van der Waals surface area (Å²) in [6.45, 7) is 5.60. The van der Waals surface area contributed by atoms with Crippen LogP contribution < -0.4 is 10.6 Å². The van der Waals surface area contributed by atoms with Gasteiger partial charge in [-0.25, -0.2) is 0 Å². The van der Waals surface area contributed by atoms with Crippen LogP contribution in [0.5, 0.6) is 0 Å². The van der Waals surface area contributed by atoms with E-state index in [4.69, 9.17) is 4.74 Å². The summed E-state index contributed by atoms with van der Waals surface area (Å²) in [5.74, 6) is 1.02. The van der Waals surface area contributed by atoms with Crippen LogP contribution in [0.4, 0.5) is 0 Å². The van der Waals surface area contributed by atoms with Gasteiger partial charge in [-0.2, -0.15) is 0 Å². The first kappa shape index (κ1) is 13.8. The Kier molecular flexibility index (Phi) is 5.45. The molecule has 0 radical (unpaired) electrons. The molecule has 104 valence electrons. The maximum Gasteiger partial charge on any atom is 0.223 e. The van der Waals surface area contributed by atoms with E-state index in [1.54, 1.807) is 0 Å². The molecule has 0 aromatic heterocycles. The second kappa shape index (κ2) is 7.10. The summed E-state index contributed by atoms with van der Waals surface area (Å²) in [6.07, 6.45) is 6.02. The lowest BCUT2D eigenvalue weighted by atomic mass is 9.97. The summed E-state index contributed by atoms with van der Waals surface area (Å²) in [5.41, 5.74) is 0. The van der Waals surface area contributed by atoms with Crippen LogP contribution in [0.15, 0.2) is 0 Å². The molecule has 2 aliphatic rings. The molecule has 2 atom stereocenters. The van der Waals surface area contributed by atoms with Gasteiger partial charge in [-0.05, 0) is 44.7 Å². The lowest BCUT2D eigenvalue weighted by Gasteiger charge is -2.23. The molecule has 1 saturated carbocycles. The van der Waals surface area contributed by atoms with Gasteiger partial charge in [-0.3, -0.25) is 4.79 Å². The smallest absolute Gasteiger partial charge is 0.223 e. The van der Waals surface area contributed by atoms with E-state index in [-0.39, 0.29) is 11.8 Å². The molecular weight excluding hydrogens is 228 g/mol. The maximum atomic E-state index is 11.9. The quantitative estimate of drug-likeness (QED) is 0.727. The van der Waals surface area contributed by atoms with Crippen LogP contribution >= 0.6 is 0 Å². The Hall–Kier alpha value is -0.610. The van der Waals surface area contributed by atoms with Crippen molar-refractivity contribution in [2.24, 2.45) is 11.8 Å². The number of carbonyl (C=O) groups excluding carboxylic acids is 1. The van der Waals surface area contributed by atoms with E-state index in [0.717, 1.165) is 32.4 Å². The van der Waals surface area contributed by atoms with Crippen molar-refractivity contribution >= 4 is 5.91 Å². The average Bonchev–Trinajstić information content (AvgIpc) is 2.82. The van der Waals surface area contributed by atoms with Gasteiger partial charge in [0.05, 0.1) is 12.7 Å². The number of carbonyl (C=O) groups is 1. The molecule has 0 aromatic rings. The minimum Gasteiger partial charge on any atom is -0.376 e. The SMILES string of the molecule is CC1CCCC1C(=O)NCCOC1CCNCC1. The van der Waals surface area contributed by atoms with Crippen molar-refractivity contribution in [3.8, 4) is 0 Å². The van der Waals surface area contributed by atoms with Gasteiger partial charge in [-0.15, -0.1) is 0 Å². The lowest BCUT2D eigenvalue weighted by Crippen LogP contribution is -2.37. The van der Waals surface area contributed by atoms with Crippen molar-refractivity contribution < 1.29 is 9.53 Å². The van der Waals surface area contributed by atoms with E-state index in [1.807, 2.05) is 0 Å². The standard InChI is InChI=1S/C14H26N2O2/c1-11-3-2-4-13(11)14(17)16-9-10-18-12-5-7-15-8-6-12/h11-13,15H,2-10H2,1H3,(H,16,17). The molecule has 4 heteroatoms. The first-order valence-corrected chi connectivity index (χ1v) is 7.37. The van der Waals surface area contributed by atoms with E-state index < -0.39 is 0 Å². The Morgan fingerprint density at radius 2 is 2.06 bits per heavy atom. The summed E-state index contributed by atoms with van der Waals surface area (Å²) >= 11 is 0. The second-order valence-corrected chi connectivity index (χ2v) is 5.63. The molecule has 1 amide bonds. The maximum absolute atomic E-state index is 11.9. The van der Waals surface area contributed by atoms with Crippen LogP contribution in [-0.2, 0) is 9.53 Å². The Bertz CT molecular complexity index is 265. The summed E-state index contributed by atoms with van der Waals surface area (Å²) < 4.78 is 5.77. The second-order valence-electron chi connectivity index (χ2n) is 5.63. The molecule has 1 saturated heterocycles. The summed E-state index contributed by atoms with van der Waals surface area (Å²) in [7, 11) is 0. The van der Waals surface area contributed by atoms with Crippen molar-refractivity contribution in [2.75, 3.05) is 26.2 Å². The zero-order chi connectivity index (χ0) is 12.8. The van der Waals surface area contributed by atoms with Crippen LogP contribution in [0.1, 0.15) is 39.0 Å². The van der Waals surface area contributed by atoms with Gasteiger partial charge in [-0.1, -0.05) is 13.3 Å². The normalized spacial score (nSPS) is 29.4. The van der Waals surface area contributed by atoms with Gasteiger partial charge >= 0.3 is 0 Å². The van der Waals surface area contributed by atoms with Crippen molar-refractivity contribution in [3.63, 3.8) is 0 Å². The van der Waals surface area contributed by atoms with E-state index in [2.05, 4.69) is 17.6 Å². The first-order chi connectivity index (χ1) is 8.77. The molecule has 0 aromatic carbocycles. The summed E-state index contributed by atoms with van der Waals surface area (Å²) in [5, 5.41) is 6.33. The molecule has 2 rings (SSSR count). The largest absolute Gasteiger partial charge is 0.376 e. The van der Waals surface area contributed by atoms with E-state index >= 15 is 0 Å². The molecule has 4 nitrogen and oxygen atoms in total. The Morgan fingerprint density at radius 1 is 1.28 bits per heavy atom. The van der Waals surface area contributed by atoms with Gasteiger partial charge in [0.1, 0.15) is 0 Å². The van der Waals surface area contributed by atoms with Crippen molar-refractivity contribution in [1.82, 2.24) is 10.6 Å². The van der Waals surface area contributed by atoms with Crippen LogP contribution in [0, 0.1) is 11.8 Å². The zero-order valence-electron chi connectivity index (χ0n) is 11.4. The van der Waals surface area contributed by atoms with Crippen molar-refractivity contribution in [1.29, 1.82) is 0 Å². The Labute approximate surface area is 110 Å². The number of amides is 1. The number of hydrogen-bond acceptors (Lipinski definition) is 3. The number of hydrogen-bond donors (Lipinski definition) is 2. The third kappa shape index (κ3) is 3.95. The summed E-state index contributed by atoms with van der Waals surface area (Å²) in [4.78, 5) is 11.9. The van der Waals surface area contributed by atoms with Gasteiger partial charge in [0.15, 0.2) is 0 Å². The third-order valence-corrected chi connectivity index (χ3v) is 4.24. The van der Waals surface area contributed by atoms with Gasteiger partial charge in [0.25, 0.3) is 0 Å². The number of rotatable bonds is 5. The van der Waals surface area contributed by atoms with Crippen LogP contribution in [-0.4, -0.2) is 38.3 Å². The number of piperidine rings is 1. The fourth-order valence-corrected chi connectivity index (χ4v) is 3.03. The molecular formula is C14H26N2O2. The lowest BCUT2D eigenvalue weighted by molar-refractivity contribution is -0.126. The van der Waals surface area contributed by atoms with E-state index in [0.29, 0.717) is 25.2 Å². The average molecular weight is 254 g/mol. The van der Waals surface area contributed by atoms with E-state index in [9.17, 15) is 4.79 Å². The predicted octanol–water partition coefficient (Wildman–Crippen LogP) is 1.31. The fraction of sp³-hybridized carbons (Fsp3) is 0.929.